The number of hydrogen-bond acceptors (Lipinski definition) is 4. The van der Waals surface area contributed by atoms with Crippen LogP contribution in [0, 0.1) is 0 Å². The van der Waals surface area contributed by atoms with Gasteiger partial charge in [-0.15, -0.1) is 0 Å². The standard InChI is InChI=1S/C12H16BrN3O4S/c1-2-5-15-11(17)7-16-12(18)9-6-8(21(14,19)20)3-4-10(9)13/h3-4,6H,2,5,7H2,1H3,(H,15,17)(H,16,18)(H2,14,19,20). The molecule has 0 heterocycles. The van der Waals surface area contributed by atoms with Crippen molar-refractivity contribution in [2.75, 3.05) is 13.1 Å². The molecule has 1 rings (SSSR count). The Kier molecular flexibility index (Phi) is 6.31. The summed E-state index contributed by atoms with van der Waals surface area (Å²) in [6.07, 6.45) is 0.793. The second-order valence-corrected chi connectivity index (χ2v) is 6.64. The summed E-state index contributed by atoms with van der Waals surface area (Å²) in [5.41, 5.74) is 0.0878. The third kappa shape index (κ3) is 5.44. The summed E-state index contributed by atoms with van der Waals surface area (Å²) in [5, 5.41) is 10.0. The van der Waals surface area contributed by atoms with Gasteiger partial charge >= 0.3 is 0 Å². The maximum absolute atomic E-state index is 12.0. The maximum atomic E-state index is 12.0. The third-order valence-corrected chi connectivity index (χ3v) is 4.10. The molecule has 0 fully saturated rings. The predicted molar refractivity (Wildman–Crippen MR) is 81.1 cm³/mol. The van der Waals surface area contributed by atoms with Crippen molar-refractivity contribution < 1.29 is 18.0 Å². The fraction of sp³-hybridized carbons (Fsp3) is 0.333. The van der Waals surface area contributed by atoms with E-state index in [2.05, 4.69) is 26.6 Å². The Labute approximate surface area is 131 Å². The van der Waals surface area contributed by atoms with Crippen molar-refractivity contribution in [1.29, 1.82) is 0 Å². The lowest BCUT2D eigenvalue weighted by Crippen LogP contribution is -2.37. The maximum Gasteiger partial charge on any atom is 0.252 e. The molecular weight excluding hydrogens is 362 g/mol. The van der Waals surface area contributed by atoms with E-state index in [0.717, 1.165) is 12.5 Å². The molecule has 1 aromatic carbocycles. The van der Waals surface area contributed by atoms with E-state index in [1.807, 2.05) is 6.92 Å². The van der Waals surface area contributed by atoms with Gasteiger partial charge in [0.2, 0.25) is 15.9 Å². The number of rotatable bonds is 6. The zero-order valence-corrected chi connectivity index (χ0v) is 13.8. The van der Waals surface area contributed by atoms with Crippen LogP contribution in [0.4, 0.5) is 0 Å². The monoisotopic (exact) mass is 377 g/mol. The minimum atomic E-state index is -3.90. The number of benzene rings is 1. The molecule has 0 radical (unpaired) electrons. The predicted octanol–water partition coefficient (Wildman–Crippen LogP) is 0.353. The van der Waals surface area contributed by atoms with E-state index in [1.54, 1.807) is 0 Å². The molecule has 0 aromatic heterocycles. The highest BCUT2D eigenvalue weighted by atomic mass is 79.9. The highest BCUT2D eigenvalue weighted by Crippen LogP contribution is 2.20. The minimum Gasteiger partial charge on any atom is -0.355 e. The van der Waals surface area contributed by atoms with E-state index in [4.69, 9.17) is 5.14 Å². The minimum absolute atomic E-state index is 0.0878. The summed E-state index contributed by atoms with van der Waals surface area (Å²) in [7, 11) is -3.90. The molecule has 2 amide bonds. The average molecular weight is 378 g/mol. The van der Waals surface area contributed by atoms with E-state index in [1.165, 1.54) is 12.1 Å². The Bertz CT molecular complexity index is 646. The number of carbonyl (C=O) groups is 2. The van der Waals surface area contributed by atoms with Crippen molar-refractivity contribution in [2.24, 2.45) is 5.14 Å². The zero-order chi connectivity index (χ0) is 16.0. The second kappa shape index (κ2) is 7.53. The summed E-state index contributed by atoms with van der Waals surface area (Å²) >= 11 is 3.15. The molecule has 0 unspecified atom stereocenters. The van der Waals surface area contributed by atoms with Crippen LogP contribution in [-0.2, 0) is 14.8 Å². The van der Waals surface area contributed by atoms with E-state index < -0.39 is 15.9 Å². The Balaban J connectivity index is 2.81. The normalized spacial score (nSPS) is 11.0. The van der Waals surface area contributed by atoms with Gasteiger partial charge in [0.1, 0.15) is 0 Å². The van der Waals surface area contributed by atoms with Gasteiger partial charge in [0, 0.05) is 11.0 Å². The molecule has 0 aliphatic carbocycles. The number of hydrogen-bond donors (Lipinski definition) is 3. The third-order valence-electron chi connectivity index (χ3n) is 2.49. The number of sulfonamides is 1. The lowest BCUT2D eigenvalue weighted by Gasteiger charge is -2.08. The molecule has 0 atom stereocenters. The van der Waals surface area contributed by atoms with Crippen LogP contribution in [0.5, 0.6) is 0 Å². The summed E-state index contributed by atoms with van der Waals surface area (Å²) in [5.74, 6) is -0.886. The van der Waals surface area contributed by atoms with Crippen LogP contribution >= 0.6 is 15.9 Å². The SMILES string of the molecule is CCCNC(=O)CNC(=O)c1cc(S(N)(=O)=O)ccc1Br. The Hall–Kier alpha value is -1.45. The molecule has 1 aromatic rings. The van der Waals surface area contributed by atoms with Crippen LogP contribution in [0.15, 0.2) is 27.6 Å². The molecule has 7 nitrogen and oxygen atoms in total. The van der Waals surface area contributed by atoms with Crippen LogP contribution in [0.2, 0.25) is 0 Å². The van der Waals surface area contributed by atoms with Crippen LogP contribution in [0.1, 0.15) is 23.7 Å². The topological polar surface area (TPSA) is 118 Å². The number of nitrogens with two attached hydrogens (primary N) is 1. The molecule has 0 bridgehead atoms. The van der Waals surface area contributed by atoms with Gasteiger partial charge in [-0.05, 0) is 40.5 Å². The summed E-state index contributed by atoms with van der Waals surface area (Å²) in [6.45, 7) is 2.25. The van der Waals surface area contributed by atoms with Gasteiger partial charge in [-0.25, -0.2) is 13.6 Å². The van der Waals surface area contributed by atoms with Crippen LogP contribution in [0.3, 0.4) is 0 Å². The van der Waals surface area contributed by atoms with Crippen LogP contribution < -0.4 is 15.8 Å². The van der Waals surface area contributed by atoms with Crippen molar-refractivity contribution in [3.05, 3.63) is 28.2 Å². The average Bonchev–Trinajstić information content (AvgIpc) is 2.41. The molecule has 21 heavy (non-hydrogen) atoms. The molecular formula is C12H16BrN3O4S. The summed E-state index contributed by atoms with van der Waals surface area (Å²) < 4.78 is 22.9. The van der Waals surface area contributed by atoms with Gasteiger partial charge in [0.15, 0.2) is 0 Å². The Morgan fingerprint density at radius 2 is 1.95 bits per heavy atom. The first-order valence-electron chi connectivity index (χ1n) is 6.13. The Morgan fingerprint density at radius 3 is 2.52 bits per heavy atom. The van der Waals surface area contributed by atoms with E-state index in [0.29, 0.717) is 11.0 Å². The lowest BCUT2D eigenvalue weighted by atomic mass is 10.2. The summed E-state index contributed by atoms with van der Waals surface area (Å²) in [6, 6.07) is 3.84. The molecule has 0 aliphatic rings. The number of carbonyl (C=O) groups excluding carboxylic acids is 2. The molecule has 0 spiro atoms. The molecule has 0 aliphatic heterocycles. The smallest absolute Gasteiger partial charge is 0.252 e. The zero-order valence-electron chi connectivity index (χ0n) is 11.3. The van der Waals surface area contributed by atoms with Gasteiger partial charge in [-0.3, -0.25) is 9.59 Å². The van der Waals surface area contributed by atoms with Crippen molar-refractivity contribution >= 4 is 37.8 Å². The van der Waals surface area contributed by atoms with Crippen LogP contribution in [-0.4, -0.2) is 33.3 Å². The van der Waals surface area contributed by atoms with Gasteiger partial charge in [-0.1, -0.05) is 6.92 Å². The van der Waals surface area contributed by atoms with Gasteiger partial charge < -0.3 is 10.6 Å². The van der Waals surface area contributed by atoms with Crippen molar-refractivity contribution in [1.82, 2.24) is 10.6 Å². The molecule has 9 heteroatoms. The van der Waals surface area contributed by atoms with Gasteiger partial charge in [-0.2, -0.15) is 0 Å². The largest absolute Gasteiger partial charge is 0.355 e. The highest BCUT2D eigenvalue weighted by Gasteiger charge is 2.16. The van der Waals surface area contributed by atoms with E-state index >= 15 is 0 Å². The highest BCUT2D eigenvalue weighted by molar-refractivity contribution is 9.10. The molecule has 0 saturated carbocycles. The number of nitrogens with one attached hydrogen (secondary N) is 2. The number of primary sulfonamides is 1. The number of halogens is 1. The first-order chi connectivity index (χ1) is 9.75. The Morgan fingerprint density at radius 1 is 1.29 bits per heavy atom. The first kappa shape index (κ1) is 17.6. The van der Waals surface area contributed by atoms with Crippen molar-refractivity contribution in [3.8, 4) is 0 Å². The quantitative estimate of drug-likeness (QED) is 0.662. The number of amides is 2. The fourth-order valence-corrected chi connectivity index (χ4v) is 2.40. The second-order valence-electron chi connectivity index (χ2n) is 4.22. The van der Waals surface area contributed by atoms with Gasteiger partial charge in [0.05, 0.1) is 17.0 Å². The molecule has 4 N–H and O–H groups in total. The van der Waals surface area contributed by atoms with E-state index in [-0.39, 0.29) is 22.9 Å². The molecule has 0 saturated heterocycles. The van der Waals surface area contributed by atoms with Crippen LogP contribution in [0.25, 0.3) is 0 Å². The lowest BCUT2D eigenvalue weighted by molar-refractivity contribution is -0.120. The first-order valence-corrected chi connectivity index (χ1v) is 8.47. The van der Waals surface area contributed by atoms with Gasteiger partial charge in [0.25, 0.3) is 5.91 Å². The van der Waals surface area contributed by atoms with E-state index in [9.17, 15) is 18.0 Å². The van der Waals surface area contributed by atoms with Crippen molar-refractivity contribution in [3.63, 3.8) is 0 Å². The summed E-state index contributed by atoms with van der Waals surface area (Å²) in [4.78, 5) is 23.2. The molecule has 116 valence electrons. The van der Waals surface area contributed by atoms with Crippen molar-refractivity contribution in [2.45, 2.75) is 18.2 Å². The fourth-order valence-electron chi connectivity index (χ4n) is 1.44.